The van der Waals surface area contributed by atoms with Crippen LogP contribution < -0.4 is 10.6 Å². The third kappa shape index (κ3) is 3.50. The van der Waals surface area contributed by atoms with Gasteiger partial charge in [-0.15, -0.1) is 6.58 Å². The maximum atomic E-state index is 6.38. The van der Waals surface area contributed by atoms with Gasteiger partial charge in [0, 0.05) is 18.1 Å². The molecule has 0 aliphatic heterocycles. The lowest BCUT2D eigenvalue weighted by molar-refractivity contribution is 0.522. The molecule has 0 saturated carbocycles. The van der Waals surface area contributed by atoms with E-state index in [1.165, 1.54) is 0 Å². The van der Waals surface area contributed by atoms with Crippen molar-refractivity contribution in [2.45, 2.75) is 39.3 Å². The number of benzene rings is 1. The molecule has 0 saturated heterocycles. The minimum absolute atomic E-state index is 0.000888. The molecule has 0 aromatic heterocycles. The van der Waals surface area contributed by atoms with E-state index < -0.39 is 0 Å². The fourth-order valence-corrected chi connectivity index (χ4v) is 2.18. The summed E-state index contributed by atoms with van der Waals surface area (Å²) in [6.45, 7) is 13.0. The molecule has 0 spiro atoms. The summed E-state index contributed by atoms with van der Waals surface area (Å²) in [4.78, 5) is 2.23. The quantitative estimate of drug-likeness (QED) is 0.830. The molecule has 0 fully saturated rings. The van der Waals surface area contributed by atoms with Gasteiger partial charge in [-0.1, -0.05) is 23.7 Å². The van der Waals surface area contributed by atoms with Crippen molar-refractivity contribution in [3.63, 3.8) is 0 Å². The van der Waals surface area contributed by atoms with E-state index in [1.54, 1.807) is 0 Å². The number of hydrogen-bond acceptors (Lipinski definition) is 2. The lowest BCUT2D eigenvalue weighted by Crippen LogP contribution is -2.41. The van der Waals surface area contributed by atoms with Crippen LogP contribution in [0, 0.1) is 0 Å². The highest BCUT2D eigenvalue weighted by Crippen LogP contribution is 2.32. The van der Waals surface area contributed by atoms with Gasteiger partial charge < -0.3 is 10.6 Å². The van der Waals surface area contributed by atoms with Crippen molar-refractivity contribution in [3.05, 3.63) is 41.4 Å². The predicted molar refractivity (Wildman–Crippen MR) is 81.4 cm³/mol. The number of anilines is 1. The first-order valence-corrected chi connectivity index (χ1v) is 6.58. The van der Waals surface area contributed by atoms with E-state index >= 15 is 0 Å². The fraction of sp³-hybridized carbons (Fsp3) is 0.467. The first-order chi connectivity index (χ1) is 8.27. The largest absolute Gasteiger partial charge is 0.362 e. The van der Waals surface area contributed by atoms with Crippen molar-refractivity contribution in [1.29, 1.82) is 0 Å². The van der Waals surface area contributed by atoms with E-state index in [0.717, 1.165) is 22.8 Å². The molecule has 1 aromatic carbocycles. The summed E-state index contributed by atoms with van der Waals surface area (Å²) in [5, 5.41) is 0.738. The van der Waals surface area contributed by atoms with E-state index in [4.69, 9.17) is 17.3 Å². The zero-order valence-corrected chi connectivity index (χ0v) is 12.5. The highest BCUT2D eigenvalue weighted by atomic mass is 35.5. The molecule has 1 aromatic rings. The van der Waals surface area contributed by atoms with E-state index in [2.05, 4.69) is 32.3 Å². The predicted octanol–water partition coefficient (Wildman–Crippen LogP) is 4.15. The second-order valence-corrected chi connectivity index (χ2v) is 5.98. The van der Waals surface area contributed by atoms with Gasteiger partial charge in [0.2, 0.25) is 0 Å². The van der Waals surface area contributed by atoms with Crippen molar-refractivity contribution in [1.82, 2.24) is 0 Å². The number of rotatable bonds is 4. The van der Waals surface area contributed by atoms with Gasteiger partial charge in [-0.2, -0.15) is 0 Å². The highest BCUT2D eigenvalue weighted by molar-refractivity contribution is 6.33. The van der Waals surface area contributed by atoms with Gasteiger partial charge in [-0.25, -0.2) is 0 Å². The lowest BCUT2D eigenvalue weighted by atomic mass is 10.0. The number of halogens is 1. The van der Waals surface area contributed by atoms with Crippen LogP contribution in [-0.4, -0.2) is 12.1 Å². The summed E-state index contributed by atoms with van der Waals surface area (Å²) < 4.78 is 0. The van der Waals surface area contributed by atoms with Crippen LogP contribution in [0.5, 0.6) is 0 Å². The summed E-state index contributed by atoms with van der Waals surface area (Å²) in [6, 6.07) is 6.02. The first-order valence-electron chi connectivity index (χ1n) is 6.21. The van der Waals surface area contributed by atoms with Crippen LogP contribution in [0.3, 0.4) is 0 Å². The Morgan fingerprint density at radius 2 is 2.06 bits per heavy atom. The molecule has 0 bridgehead atoms. The van der Waals surface area contributed by atoms with Gasteiger partial charge in [0.25, 0.3) is 0 Å². The maximum Gasteiger partial charge on any atom is 0.0643 e. The molecule has 0 radical (unpaired) electrons. The van der Waals surface area contributed by atoms with Crippen molar-refractivity contribution in [3.8, 4) is 0 Å². The normalized spacial score (nSPS) is 13.2. The van der Waals surface area contributed by atoms with Crippen LogP contribution in [0.25, 0.3) is 0 Å². The third-order valence-corrected chi connectivity index (χ3v) is 3.21. The smallest absolute Gasteiger partial charge is 0.0643 e. The Morgan fingerprint density at radius 3 is 2.44 bits per heavy atom. The zero-order chi connectivity index (χ0) is 13.9. The molecule has 0 aliphatic carbocycles. The molecule has 100 valence electrons. The second-order valence-electron chi connectivity index (χ2n) is 5.57. The Bertz CT molecular complexity index is 419. The van der Waals surface area contributed by atoms with E-state index in [1.807, 2.05) is 31.2 Å². The van der Waals surface area contributed by atoms with Crippen LogP contribution in [0.4, 0.5) is 5.69 Å². The fourth-order valence-electron chi connectivity index (χ4n) is 1.89. The summed E-state index contributed by atoms with van der Waals surface area (Å²) in [7, 11) is 0. The Morgan fingerprint density at radius 1 is 1.44 bits per heavy atom. The molecule has 2 nitrogen and oxygen atoms in total. The minimum Gasteiger partial charge on any atom is -0.362 e. The average molecular weight is 267 g/mol. The molecule has 0 heterocycles. The second kappa shape index (κ2) is 5.77. The van der Waals surface area contributed by atoms with Crippen LogP contribution in [0.2, 0.25) is 5.02 Å². The molecule has 0 aliphatic rings. The standard InChI is InChI=1S/C15H23ClN2/c1-6-9-18(15(3,4)5)14-8-7-12(11(2)17)10-13(14)16/h6-8,10-11H,1,9,17H2,2-5H3/t11-/m0/s1. The molecule has 0 unspecified atom stereocenters. The zero-order valence-electron chi connectivity index (χ0n) is 11.7. The summed E-state index contributed by atoms with van der Waals surface area (Å²) >= 11 is 6.38. The molecule has 3 heteroatoms. The van der Waals surface area contributed by atoms with E-state index in [-0.39, 0.29) is 11.6 Å². The number of nitrogens with two attached hydrogens (primary N) is 1. The Kier molecular flexibility index (Phi) is 4.83. The van der Waals surface area contributed by atoms with Crippen molar-refractivity contribution < 1.29 is 0 Å². The third-order valence-electron chi connectivity index (χ3n) is 2.91. The maximum absolute atomic E-state index is 6.38. The van der Waals surface area contributed by atoms with Gasteiger partial charge in [0.05, 0.1) is 10.7 Å². The summed E-state index contributed by atoms with van der Waals surface area (Å²) in [5.74, 6) is 0. The first kappa shape index (κ1) is 15.1. The molecular weight excluding hydrogens is 244 g/mol. The van der Waals surface area contributed by atoms with Gasteiger partial charge in [0.1, 0.15) is 0 Å². The topological polar surface area (TPSA) is 29.3 Å². The Hall–Kier alpha value is -0.990. The average Bonchev–Trinajstić information content (AvgIpc) is 2.24. The van der Waals surface area contributed by atoms with Gasteiger partial charge >= 0.3 is 0 Å². The Balaban J connectivity index is 3.18. The minimum atomic E-state index is -0.00627. The van der Waals surface area contributed by atoms with Crippen LogP contribution >= 0.6 is 11.6 Å². The van der Waals surface area contributed by atoms with Crippen molar-refractivity contribution in [2.75, 3.05) is 11.4 Å². The number of nitrogens with zero attached hydrogens (tertiary/aromatic N) is 1. The van der Waals surface area contributed by atoms with Crippen LogP contribution in [0.15, 0.2) is 30.9 Å². The SMILES string of the molecule is C=CCN(c1ccc([C@H](C)N)cc1Cl)C(C)(C)C. The molecule has 2 N–H and O–H groups in total. The molecule has 1 atom stereocenters. The van der Waals surface area contributed by atoms with Gasteiger partial charge in [0.15, 0.2) is 0 Å². The summed E-state index contributed by atoms with van der Waals surface area (Å²) in [5.41, 5.74) is 7.93. The molecule has 1 rings (SSSR count). The van der Waals surface area contributed by atoms with Gasteiger partial charge in [-0.05, 0) is 45.4 Å². The molecule has 18 heavy (non-hydrogen) atoms. The monoisotopic (exact) mass is 266 g/mol. The van der Waals surface area contributed by atoms with Gasteiger partial charge in [-0.3, -0.25) is 0 Å². The van der Waals surface area contributed by atoms with Crippen LogP contribution in [0.1, 0.15) is 39.3 Å². The van der Waals surface area contributed by atoms with Crippen molar-refractivity contribution >= 4 is 17.3 Å². The van der Waals surface area contributed by atoms with Crippen LogP contribution in [-0.2, 0) is 0 Å². The van der Waals surface area contributed by atoms with E-state index in [9.17, 15) is 0 Å². The summed E-state index contributed by atoms with van der Waals surface area (Å²) in [6.07, 6.45) is 1.89. The van der Waals surface area contributed by atoms with Crippen molar-refractivity contribution in [2.24, 2.45) is 5.73 Å². The highest BCUT2D eigenvalue weighted by Gasteiger charge is 2.22. The number of hydrogen-bond donors (Lipinski definition) is 1. The molecule has 0 amide bonds. The molecular formula is C15H23ClN2. The Labute approximate surface area is 115 Å². The van der Waals surface area contributed by atoms with E-state index in [0.29, 0.717) is 0 Å². The lowest BCUT2D eigenvalue weighted by Gasteiger charge is -2.37.